The Morgan fingerprint density at radius 2 is 1.73 bits per heavy atom. The van der Waals surface area contributed by atoms with Gasteiger partial charge in [-0.15, -0.1) is 0 Å². The van der Waals surface area contributed by atoms with Crippen LogP contribution >= 0.6 is 0 Å². The van der Waals surface area contributed by atoms with Crippen molar-refractivity contribution < 1.29 is 0 Å². The van der Waals surface area contributed by atoms with Crippen LogP contribution in [0.4, 0.5) is 0 Å². The van der Waals surface area contributed by atoms with Crippen molar-refractivity contribution in [2.24, 2.45) is 5.41 Å². The van der Waals surface area contributed by atoms with E-state index in [0.29, 0.717) is 11.3 Å². The molecule has 0 N–H and O–H groups in total. The van der Waals surface area contributed by atoms with Gasteiger partial charge >= 0.3 is 0 Å². The van der Waals surface area contributed by atoms with Gasteiger partial charge in [0.15, 0.2) is 0 Å². The molecule has 0 nitrogen and oxygen atoms in total. The Morgan fingerprint density at radius 3 is 2.50 bits per heavy atom. The van der Waals surface area contributed by atoms with Gasteiger partial charge in [-0.1, -0.05) is 58.0 Å². The predicted molar refractivity (Wildman–Crippen MR) is 96.4 cm³/mol. The highest BCUT2D eigenvalue weighted by Crippen LogP contribution is 2.45. The number of hydrogen-bond donors (Lipinski definition) is 0. The molecule has 0 radical (unpaired) electrons. The van der Waals surface area contributed by atoms with Gasteiger partial charge in [-0.2, -0.15) is 0 Å². The van der Waals surface area contributed by atoms with E-state index in [0.717, 1.165) is 6.42 Å². The van der Waals surface area contributed by atoms with Gasteiger partial charge in [0.1, 0.15) is 0 Å². The molecule has 0 bridgehead atoms. The van der Waals surface area contributed by atoms with Gasteiger partial charge < -0.3 is 0 Å². The van der Waals surface area contributed by atoms with Crippen LogP contribution in [0, 0.1) is 5.41 Å². The van der Waals surface area contributed by atoms with Crippen molar-refractivity contribution in [3.63, 3.8) is 0 Å². The molecule has 2 aliphatic carbocycles. The summed E-state index contributed by atoms with van der Waals surface area (Å²) in [4.78, 5) is 0. The van der Waals surface area contributed by atoms with E-state index in [1.54, 1.807) is 22.1 Å². The molecule has 2 aliphatic rings. The first kappa shape index (κ1) is 14.1. The van der Waals surface area contributed by atoms with Crippen molar-refractivity contribution in [2.45, 2.75) is 59.3 Å². The molecule has 0 fully saturated rings. The Morgan fingerprint density at radius 1 is 0.955 bits per heavy atom. The molecule has 0 saturated heterocycles. The van der Waals surface area contributed by atoms with Crippen molar-refractivity contribution in [1.82, 2.24) is 0 Å². The lowest BCUT2D eigenvalue weighted by Crippen LogP contribution is -2.16. The summed E-state index contributed by atoms with van der Waals surface area (Å²) in [5, 5.41) is 3.08. The van der Waals surface area contributed by atoms with Crippen molar-refractivity contribution in [1.29, 1.82) is 0 Å². The van der Waals surface area contributed by atoms with Crippen molar-refractivity contribution in [3.05, 3.63) is 52.6 Å². The molecule has 0 aromatic heterocycles. The summed E-state index contributed by atoms with van der Waals surface area (Å²) in [7, 11) is 0. The monoisotopic (exact) mass is 290 g/mol. The summed E-state index contributed by atoms with van der Waals surface area (Å²) < 4.78 is 0. The van der Waals surface area contributed by atoms with Gasteiger partial charge in [0.2, 0.25) is 0 Å². The van der Waals surface area contributed by atoms with Gasteiger partial charge in [-0.25, -0.2) is 0 Å². The average molecular weight is 290 g/mol. The lowest BCUT2D eigenvalue weighted by molar-refractivity contribution is 0.341. The van der Waals surface area contributed by atoms with Crippen LogP contribution in [0.3, 0.4) is 0 Å². The third-order valence-electron chi connectivity index (χ3n) is 5.94. The second-order valence-corrected chi connectivity index (χ2v) is 8.21. The third kappa shape index (κ3) is 1.96. The van der Waals surface area contributed by atoms with Crippen LogP contribution in [0.1, 0.15) is 68.7 Å². The quantitative estimate of drug-likeness (QED) is 0.581. The minimum absolute atomic E-state index is 0.299. The molecule has 2 aromatic carbocycles. The molecule has 0 aliphatic heterocycles. The molecule has 0 heteroatoms. The van der Waals surface area contributed by atoms with Crippen LogP contribution in [0.15, 0.2) is 30.3 Å². The van der Waals surface area contributed by atoms with Crippen LogP contribution < -0.4 is 0 Å². The first-order chi connectivity index (χ1) is 10.5. The Kier molecular flexibility index (Phi) is 3.01. The zero-order valence-corrected chi connectivity index (χ0v) is 14.3. The molecule has 0 spiro atoms. The number of hydrogen-bond acceptors (Lipinski definition) is 0. The summed E-state index contributed by atoms with van der Waals surface area (Å²) in [6.07, 6.45) is 7.43. The summed E-state index contributed by atoms with van der Waals surface area (Å²) in [5.41, 5.74) is 8.13. The van der Waals surface area contributed by atoms with Crippen LogP contribution in [-0.4, -0.2) is 0 Å². The fourth-order valence-corrected chi connectivity index (χ4v) is 4.20. The summed E-state index contributed by atoms with van der Waals surface area (Å²) >= 11 is 0. The van der Waals surface area contributed by atoms with E-state index in [1.807, 2.05) is 0 Å². The van der Waals surface area contributed by atoms with Gasteiger partial charge in [0, 0.05) is 0 Å². The van der Waals surface area contributed by atoms with Gasteiger partial charge in [0.25, 0.3) is 0 Å². The summed E-state index contributed by atoms with van der Waals surface area (Å²) in [6.45, 7) is 9.45. The highest BCUT2D eigenvalue weighted by Gasteiger charge is 2.27. The maximum absolute atomic E-state index is 2.48. The molecule has 1 atom stereocenters. The normalized spacial score (nSPS) is 18.3. The highest BCUT2D eigenvalue weighted by atomic mass is 14.3. The number of aryl methyl sites for hydroxylation is 1. The lowest BCUT2D eigenvalue weighted by Gasteiger charge is -2.31. The highest BCUT2D eigenvalue weighted by molar-refractivity contribution is 6.01. The summed E-state index contributed by atoms with van der Waals surface area (Å²) in [6, 6.07) is 9.59. The topological polar surface area (TPSA) is 0 Å². The van der Waals surface area contributed by atoms with Crippen molar-refractivity contribution in [2.75, 3.05) is 0 Å². The first-order valence-corrected chi connectivity index (χ1v) is 8.73. The Balaban J connectivity index is 2.04. The molecular weight excluding hydrogens is 264 g/mol. The van der Waals surface area contributed by atoms with E-state index in [-0.39, 0.29) is 0 Å². The van der Waals surface area contributed by atoms with E-state index >= 15 is 0 Å². The fourth-order valence-electron chi connectivity index (χ4n) is 4.20. The largest absolute Gasteiger partial charge is 0.0763 e. The maximum atomic E-state index is 2.48. The second kappa shape index (κ2) is 4.72. The van der Waals surface area contributed by atoms with Crippen LogP contribution in [0.5, 0.6) is 0 Å². The number of rotatable bonds is 1. The minimum atomic E-state index is 0.299. The molecule has 0 saturated carbocycles. The molecule has 114 valence electrons. The smallest absolute Gasteiger partial charge is 0.00679 e. The average Bonchev–Trinajstić information content (AvgIpc) is 2.51. The number of benzene rings is 2. The lowest BCUT2D eigenvalue weighted by atomic mass is 9.73. The molecule has 22 heavy (non-hydrogen) atoms. The van der Waals surface area contributed by atoms with E-state index < -0.39 is 0 Å². The van der Waals surface area contributed by atoms with Crippen LogP contribution in [-0.2, 0) is 12.8 Å². The third-order valence-corrected chi connectivity index (χ3v) is 5.94. The maximum Gasteiger partial charge on any atom is -0.00679 e. The molecule has 1 unspecified atom stereocenters. The van der Waals surface area contributed by atoms with Crippen LogP contribution in [0.2, 0.25) is 0 Å². The SMILES string of the molecule is CC(c1ccc2c3c4c(ccc13)CCCC4=CC2)C(C)(C)C. The van der Waals surface area contributed by atoms with Gasteiger partial charge in [-0.05, 0) is 75.6 Å². The predicted octanol–water partition coefficient (Wildman–Crippen LogP) is 6.27. The van der Waals surface area contributed by atoms with E-state index in [4.69, 9.17) is 0 Å². The van der Waals surface area contributed by atoms with Crippen LogP contribution in [0.25, 0.3) is 16.3 Å². The van der Waals surface area contributed by atoms with Crippen molar-refractivity contribution in [3.8, 4) is 0 Å². The molecular formula is C22H26. The van der Waals surface area contributed by atoms with E-state index in [2.05, 4.69) is 58.0 Å². The zero-order valence-electron chi connectivity index (χ0n) is 14.3. The minimum Gasteiger partial charge on any atom is -0.0763 e. The second-order valence-electron chi connectivity index (χ2n) is 8.21. The molecule has 2 aromatic rings. The van der Waals surface area contributed by atoms with Crippen molar-refractivity contribution >= 4 is 16.3 Å². The first-order valence-electron chi connectivity index (χ1n) is 8.73. The van der Waals surface area contributed by atoms with Gasteiger partial charge in [0.05, 0.1) is 0 Å². The molecule has 4 rings (SSSR count). The Labute approximate surface area is 134 Å². The fraction of sp³-hybridized carbons (Fsp3) is 0.455. The number of allylic oxidation sites excluding steroid dienone is 2. The molecule has 0 amide bonds. The summed E-state index contributed by atoms with van der Waals surface area (Å²) in [5.74, 6) is 0.567. The van der Waals surface area contributed by atoms with E-state index in [1.165, 1.54) is 35.8 Å². The molecule has 0 heterocycles. The van der Waals surface area contributed by atoms with Gasteiger partial charge in [-0.3, -0.25) is 0 Å². The van der Waals surface area contributed by atoms with E-state index in [9.17, 15) is 0 Å². The Bertz CT molecular complexity index is 784. The standard InChI is InChI=1S/C22H26/c1-14(22(2,3)4)18-12-10-17-9-8-15-6-5-7-16-11-13-19(18)21(17)20(15)16/h8,10-14H,5-7,9H2,1-4H3. The Hall–Kier alpha value is -1.56. The zero-order chi connectivity index (χ0) is 15.5.